The Morgan fingerprint density at radius 1 is 0.706 bits per heavy atom. The van der Waals surface area contributed by atoms with Gasteiger partial charge in [0.05, 0.1) is 24.1 Å². The third-order valence-electron chi connectivity index (χ3n) is 6.12. The molecule has 3 heterocycles. The number of fused-ring (bicyclic) bond motifs is 2. The van der Waals surface area contributed by atoms with Gasteiger partial charge in [-0.25, -0.2) is 4.98 Å². The van der Waals surface area contributed by atoms with Gasteiger partial charge in [0.2, 0.25) is 11.8 Å². The molecule has 178 valence electrons. The van der Waals surface area contributed by atoms with Crippen LogP contribution in [0.2, 0.25) is 0 Å². The standard InChI is InChI=1S/C25H29N5O2S2/c31-24(16-29-5-9-33-10-6-29)26-20-3-1-18-13-19-2-4-21(15-23(19)28-22(18)14-20)27-25(32)17-30-7-11-34-12-8-30/h1-4,13-15H,5-12,16-17H2,(H,26,31)(H,27,32). The van der Waals surface area contributed by atoms with Crippen LogP contribution in [0.5, 0.6) is 0 Å². The van der Waals surface area contributed by atoms with Crippen LogP contribution in [0.25, 0.3) is 21.8 Å². The fraction of sp³-hybridized carbons (Fsp3) is 0.400. The molecule has 2 fully saturated rings. The van der Waals surface area contributed by atoms with E-state index in [-0.39, 0.29) is 11.8 Å². The maximum absolute atomic E-state index is 12.5. The van der Waals surface area contributed by atoms with Gasteiger partial charge in [-0.15, -0.1) is 0 Å². The van der Waals surface area contributed by atoms with Gasteiger partial charge < -0.3 is 10.6 Å². The number of nitrogens with one attached hydrogen (secondary N) is 2. The molecular formula is C25H29N5O2S2. The first-order chi connectivity index (χ1) is 16.6. The highest BCUT2D eigenvalue weighted by Crippen LogP contribution is 2.25. The van der Waals surface area contributed by atoms with E-state index in [1.165, 1.54) is 0 Å². The highest BCUT2D eigenvalue weighted by atomic mass is 32.2. The zero-order valence-electron chi connectivity index (χ0n) is 19.1. The lowest BCUT2D eigenvalue weighted by Crippen LogP contribution is -2.38. The largest absolute Gasteiger partial charge is 0.325 e. The summed E-state index contributed by atoms with van der Waals surface area (Å²) in [5, 5.41) is 8.05. The number of rotatable bonds is 6. The maximum atomic E-state index is 12.5. The molecule has 2 aromatic carbocycles. The molecule has 0 aliphatic carbocycles. The van der Waals surface area contributed by atoms with Gasteiger partial charge in [-0.3, -0.25) is 19.4 Å². The molecule has 3 aromatic rings. The van der Waals surface area contributed by atoms with Gasteiger partial charge in [-0.1, -0.05) is 12.1 Å². The van der Waals surface area contributed by atoms with E-state index < -0.39 is 0 Å². The molecule has 0 bridgehead atoms. The van der Waals surface area contributed by atoms with Crippen molar-refractivity contribution >= 4 is 68.5 Å². The fourth-order valence-corrected chi connectivity index (χ4v) is 6.26. The Morgan fingerprint density at radius 2 is 1.15 bits per heavy atom. The Kier molecular flexibility index (Phi) is 7.54. The quantitative estimate of drug-likeness (QED) is 0.508. The number of hydrogen-bond donors (Lipinski definition) is 2. The minimum absolute atomic E-state index is 0.00402. The van der Waals surface area contributed by atoms with Crippen LogP contribution in [0.3, 0.4) is 0 Å². The molecule has 2 N–H and O–H groups in total. The van der Waals surface area contributed by atoms with Gasteiger partial charge >= 0.3 is 0 Å². The number of aromatic nitrogens is 1. The van der Waals surface area contributed by atoms with E-state index in [1.807, 2.05) is 59.9 Å². The summed E-state index contributed by atoms with van der Waals surface area (Å²) < 4.78 is 0. The molecular weight excluding hydrogens is 466 g/mol. The molecule has 2 saturated heterocycles. The highest BCUT2D eigenvalue weighted by molar-refractivity contribution is 7.99. The summed E-state index contributed by atoms with van der Waals surface area (Å²) in [4.78, 5) is 34.2. The number of amides is 2. The number of thioether (sulfide) groups is 2. The molecule has 2 amide bonds. The third-order valence-corrected chi connectivity index (χ3v) is 8.01. The summed E-state index contributed by atoms with van der Waals surface area (Å²) in [6.45, 7) is 4.67. The van der Waals surface area contributed by atoms with Crippen molar-refractivity contribution < 1.29 is 9.59 Å². The Labute approximate surface area is 208 Å². The van der Waals surface area contributed by atoms with E-state index in [0.717, 1.165) is 82.4 Å². The average Bonchev–Trinajstić information content (AvgIpc) is 2.84. The first-order valence-electron chi connectivity index (χ1n) is 11.7. The second kappa shape index (κ2) is 10.9. The summed E-state index contributed by atoms with van der Waals surface area (Å²) in [6.07, 6.45) is 0. The monoisotopic (exact) mass is 495 g/mol. The number of benzene rings is 2. The third kappa shape index (κ3) is 6.02. The zero-order valence-corrected chi connectivity index (χ0v) is 20.7. The Morgan fingerprint density at radius 3 is 1.59 bits per heavy atom. The lowest BCUT2D eigenvalue weighted by molar-refractivity contribution is -0.118. The number of hydrogen-bond acceptors (Lipinski definition) is 7. The highest BCUT2D eigenvalue weighted by Gasteiger charge is 2.16. The Hall–Kier alpha value is -2.33. The van der Waals surface area contributed by atoms with Crippen molar-refractivity contribution in [2.45, 2.75) is 0 Å². The second-order valence-corrected chi connectivity index (χ2v) is 11.1. The molecule has 5 rings (SSSR count). The molecule has 1 aromatic heterocycles. The lowest BCUT2D eigenvalue weighted by atomic mass is 10.1. The predicted molar refractivity (Wildman–Crippen MR) is 144 cm³/mol. The molecule has 7 nitrogen and oxygen atoms in total. The van der Waals surface area contributed by atoms with Crippen LogP contribution in [0.1, 0.15) is 0 Å². The molecule has 0 unspecified atom stereocenters. The number of carbonyl (C=O) groups is 2. The normalized spacial score (nSPS) is 17.6. The van der Waals surface area contributed by atoms with Crippen molar-refractivity contribution in [1.29, 1.82) is 0 Å². The van der Waals surface area contributed by atoms with E-state index in [4.69, 9.17) is 4.98 Å². The van der Waals surface area contributed by atoms with Crippen LogP contribution < -0.4 is 10.6 Å². The summed E-state index contributed by atoms with van der Waals surface area (Å²) in [5.41, 5.74) is 3.13. The van der Waals surface area contributed by atoms with E-state index in [9.17, 15) is 9.59 Å². The van der Waals surface area contributed by atoms with Gasteiger partial charge in [0.15, 0.2) is 0 Å². The van der Waals surface area contributed by atoms with E-state index >= 15 is 0 Å². The number of nitrogens with zero attached hydrogens (tertiary/aromatic N) is 3. The van der Waals surface area contributed by atoms with Crippen LogP contribution in [0.15, 0.2) is 42.5 Å². The van der Waals surface area contributed by atoms with Crippen molar-refractivity contribution in [2.75, 3.05) is 72.9 Å². The van der Waals surface area contributed by atoms with Crippen LogP contribution in [-0.2, 0) is 9.59 Å². The van der Waals surface area contributed by atoms with E-state index in [2.05, 4.69) is 26.5 Å². The molecule has 9 heteroatoms. The molecule has 2 aliphatic heterocycles. The number of anilines is 2. The van der Waals surface area contributed by atoms with Gasteiger partial charge in [0.1, 0.15) is 0 Å². The second-order valence-electron chi connectivity index (χ2n) is 8.68. The van der Waals surface area contributed by atoms with Crippen molar-refractivity contribution in [2.24, 2.45) is 0 Å². The fourth-order valence-electron chi connectivity index (χ4n) is 4.30. The smallest absolute Gasteiger partial charge is 0.238 e. The first kappa shape index (κ1) is 23.4. The van der Waals surface area contributed by atoms with Crippen molar-refractivity contribution in [3.63, 3.8) is 0 Å². The van der Waals surface area contributed by atoms with Gasteiger partial charge in [0, 0.05) is 71.3 Å². The van der Waals surface area contributed by atoms with Gasteiger partial charge in [-0.05, 0) is 30.3 Å². The van der Waals surface area contributed by atoms with Crippen molar-refractivity contribution in [1.82, 2.24) is 14.8 Å². The molecule has 0 saturated carbocycles. The van der Waals surface area contributed by atoms with Crippen molar-refractivity contribution in [3.05, 3.63) is 42.5 Å². The van der Waals surface area contributed by atoms with Crippen LogP contribution in [0, 0.1) is 0 Å². The number of carbonyl (C=O) groups excluding carboxylic acids is 2. The van der Waals surface area contributed by atoms with Crippen LogP contribution in [-0.4, -0.2) is 88.9 Å². The van der Waals surface area contributed by atoms with Crippen molar-refractivity contribution in [3.8, 4) is 0 Å². The van der Waals surface area contributed by atoms with E-state index in [1.54, 1.807) is 0 Å². The Balaban J connectivity index is 1.27. The van der Waals surface area contributed by atoms with E-state index in [0.29, 0.717) is 13.1 Å². The molecule has 34 heavy (non-hydrogen) atoms. The zero-order chi connectivity index (χ0) is 23.3. The molecule has 2 aliphatic rings. The SMILES string of the molecule is O=C(CN1CCSCC1)Nc1ccc2cc3ccc(NC(=O)CN4CCSCC4)cc3nc2c1. The minimum Gasteiger partial charge on any atom is -0.325 e. The summed E-state index contributed by atoms with van der Waals surface area (Å²) in [7, 11) is 0. The molecule has 0 atom stereocenters. The van der Waals surface area contributed by atoms with Crippen LogP contribution >= 0.6 is 23.5 Å². The Bertz CT molecular complexity index is 1100. The maximum Gasteiger partial charge on any atom is 0.238 e. The molecule has 0 radical (unpaired) electrons. The topological polar surface area (TPSA) is 77.6 Å². The summed E-state index contributed by atoms with van der Waals surface area (Å²) >= 11 is 3.87. The first-order valence-corrected chi connectivity index (χ1v) is 14.0. The minimum atomic E-state index is 0.00402. The van der Waals surface area contributed by atoms with Gasteiger partial charge in [0.25, 0.3) is 0 Å². The predicted octanol–water partition coefficient (Wildman–Crippen LogP) is 3.36. The molecule has 0 spiro atoms. The lowest BCUT2D eigenvalue weighted by Gasteiger charge is -2.25. The van der Waals surface area contributed by atoms with Crippen LogP contribution in [0.4, 0.5) is 11.4 Å². The summed E-state index contributed by atoms with van der Waals surface area (Å²) in [6, 6.07) is 13.7. The van der Waals surface area contributed by atoms with Gasteiger partial charge in [-0.2, -0.15) is 23.5 Å². The summed E-state index contributed by atoms with van der Waals surface area (Å²) in [5.74, 6) is 4.34. The average molecular weight is 496 g/mol. The number of pyridine rings is 1.